The first kappa shape index (κ1) is 23.3. The smallest absolute Gasteiger partial charge is 0.307 e. The molecule has 0 radical (unpaired) electrons. The van der Waals surface area contributed by atoms with Crippen LogP contribution in [0.25, 0.3) is 10.9 Å². The van der Waals surface area contributed by atoms with Gasteiger partial charge in [0.2, 0.25) is 0 Å². The van der Waals surface area contributed by atoms with Gasteiger partial charge in [0.25, 0.3) is 5.56 Å². The molecule has 0 amide bonds. The van der Waals surface area contributed by atoms with Crippen LogP contribution in [0, 0.1) is 11.7 Å². The number of nitrogens with zero attached hydrogens (tertiary/aromatic N) is 2. The molecular weight excluding hydrogens is 473 g/mol. The molecule has 0 aliphatic carbocycles. The number of rotatable bonds is 6. The Morgan fingerprint density at radius 3 is 2.61 bits per heavy atom. The maximum atomic E-state index is 13.8. The maximum Gasteiger partial charge on any atom is 0.329 e. The van der Waals surface area contributed by atoms with Crippen molar-refractivity contribution in [2.24, 2.45) is 5.92 Å². The summed E-state index contributed by atoms with van der Waals surface area (Å²) in [5, 5.41) is 0.346. The molecule has 0 bridgehead atoms. The number of hydrogen-bond donors (Lipinski definition) is 1. The van der Waals surface area contributed by atoms with Crippen LogP contribution in [0.5, 0.6) is 0 Å². The largest absolute Gasteiger partial charge is 0.329 e. The van der Waals surface area contributed by atoms with Gasteiger partial charge in [-0.05, 0) is 55.5 Å². The van der Waals surface area contributed by atoms with Gasteiger partial charge in [-0.2, -0.15) is 0 Å². The summed E-state index contributed by atoms with van der Waals surface area (Å²) in [5.74, 6) is -1.27. The highest BCUT2D eigenvalue weighted by Crippen LogP contribution is 2.28. The molecule has 0 saturated carbocycles. The number of Topliss-reactive ketones (excluding diaryl/α,β-unsaturated/α-hetero) is 1. The zero-order valence-corrected chi connectivity index (χ0v) is 19.0. The second-order valence-corrected chi connectivity index (χ2v) is 11.0. The molecule has 1 atom stereocenters. The van der Waals surface area contributed by atoms with E-state index in [0.717, 1.165) is 16.7 Å². The molecule has 4 rings (SSSR count). The summed E-state index contributed by atoms with van der Waals surface area (Å²) >= 11 is 5.85. The molecule has 3 aromatic rings. The number of ketones is 1. The lowest BCUT2D eigenvalue weighted by Crippen LogP contribution is -2.42. The number of carbonyl (C=O) groups is 1. The molecule has 1 aliphatic heterocycles. The second kappa shape index (κ2) is 9.18. The highest BCUT2D eigenvalue weighted by molar-refractivity contribution is 7.91. The molecule has 2 aromatic heterocycles. The molecule has 33 heavy (non-hydrogen) atoms. The minimum absolute atomic E-state index is 0.00843. The summed E-state index contributed by atoms with van der Waals surface area (Å²) in [5.41, 5.74) is -0.988. The topological polar surface area (TPSA) is 119 Å². The summed E-state index contributed by atoms with van der Waals surface area (Å²) < 4.78 is 38.2. The highest BCUT2D eigenvalue weighted by atomic mass is 35.5. The van der Waals surface area contributed by atoms with Gasteiger partial charge in [-0.15, -0.1) is 0 Å². The standard InChI is InChI=1S/C22H21ClFN3O5S/c23-14-1-3-16(25-12-14)11-20(28)19(9-13-5-7-33(31,32)8-6-13)27-21(29)17-10-15(24)2-4-18(17)26-22(27)30/h1-4,10,12-13,19H,5-9,11H2,(H,26,30). The monoisotopic (exact) mass is 493 g/mol. The number of carbonyl (C=O) groups excluding carboxylic acids is 1. The van der Waals surface area contributed by atoms with Crippen LogP contribution in [0.1, 0.15) is 31.0 Å². The van der Waals surface area contributed by atoms with Gasteiger partial charge < -0.3 is 4.98 Å². The molecule has 1 aliphatic rings. The van der Waals surface area contributed by atoms with Crippen molar-refractivity contribution in [3.63, 3.8) is 0 Å². The third-order valence-electron chi connectivity index (χ3n) is 5.95. The SMILES string of the molecule is O=C(Cc1ccc(Cl)cn1)C(CC1CCS(=O)(=O)CC1)n1c(=O)[nH]c2ccc(F)cc2c1=O. The Morgan fingerprint density at radius 1 is 1.21 bits per heavy atom. The van der Waals surface area contributed by atoms with Crippen LogP contribution in [-0.4, -0.2) is 40.2 Å². The van der Waals surface area contributed by atoms with E-state index in [4.69, 9.17) is 11.6 Å². The maximum absolute atomic E-state index is 13.8. The molecule has 1 unspecified atom stereocenters. The zero-order chi connectivity index (χ0) is 23.8. The van der Waals surface area contributed by atoms with Crippen molar-refractivity contribution in [1.29, 1.82) is 0 Å². The summed E-state index contributed by atoms with van der Waals surface area (Å²) in [6.07, 6.45) is 2.02. The number of nitrogens with one attached hydrogen (secondary N) is 1. The summed E-state index contributed by atoms with van der Waals surface area (Å²) in [4.78, 5) is 46.0. The molecule has 1 N–H and O–H groups in total. The van der Waals surface area contributed by atoms with Gasteiger partial charge in [0.1, 0.15) is 21.7 Å². The Morgan fingerprint density at radius 2 is 1.94 bits per heavy atom. The van der Waals surface area contributed by atoms with E-state index >= 15 is 0 Å². The predicted octanol–water partition coefficient (Wildman–Crippen LogP) is 2.45. The fourth-order valence-corrected chi connectivity index (χ4v) is 5.86. The minimum Gasteiger partial charge on any atom is -0.307 e. The van der Waals surface area contributed by atoms with E-state index in [1.807, 2.05) is 0 Å². The number of H-pyrrole nitrogens is 1. The normalized spacial score (nSPS) is 17.2. The summed E-state index contributed by atoms with van der Waals surface area (Å²) in [7, 11) is -3.12. The predicted molar refractivity (Wildman–Crippen MR) is 122 cm³/mol. The van der Waals surface area contributed by atoms with Gasteiger partial charge >= 0.3 is 5.69 Å². The fraction of sp³-hybridized carbons (Fsp3) is 0.364. The third kappa shape index (κ3) is 5.22. The Hall–Kier alpha value is -2.85. The number of sulfone groups is 1. The molecule has 174 valence electrons. The highest BCUT2D eigenvalue weighted by Gasteiger charge is 2.31. The van der Waals surface area contributed by atoms with Crippen molar-refractivity contribution in [1.82, 2.24) is 14.5 Å². The van der Waals surface area contributed by atoms with Crippen LogP contribution in [0.4, 0.5) is 4.39 Å². The van der Waals surface area contributed by atoms with E-state index in [-0.39, 0.29) is 41.2 Å². The molecule has 8 nitrogen and oxygen atoms in total. The lowest BCUT2D eigenvalue weighted by molar-refractivity contribution is -0.122. The average molecular weight is 494 g/mol. The van der Waals surface area contributed by atoms with E-state index in [1.54, 1.807) is 12.1 Å². The Bertz CT molecular complexity index is 1420. The van der Waals surface area contributed by atoms with Crippen LogP contribution in [0.15, 0.2) is 46.1 Å². The van der Waals surface area contributed by atoms with Crippen LogP contribution in [0.2, 0.25) is 5.02 Å². The lowest BCUT2D eigenvalue weighted by atomic mass is 9.91. The van der Waals surface area contributed by atoms with Crippen molar-refractivity contribution in [3.05, 3.63) is 73.9 Å². The van der Waals surface area contributed by atoms with Crippen molar-refractivity contribution in [2.75, 3.05) is 11.5 Å². The third-order valence-corrected chi connectivity index (χ3v) is 7.89. The number of aromatic amines is 1. The van der Waals surface area contributed by atoms with Gasteiger partial charge in [-0.1, -0.05) is 11.6 Å². The number of fused-ring (bicyclic) bond motifs is 1. The number of hydrogen-bond acceptors (Lipinski definition) is 6. The molecule has 3 heterocycles. The van der Waals surface area contributed by atoms with Gasteiger partial charge in [-0.25, -0.2) is 22.2 Å². The van der Waals surface area contributed by atoms with Gasteiger partial charge in [0.05, 0.1) is 33.9 Å². The van der Waals surface area contributed by atoms with Crippen molar-refractivity contribution in [2.45, 2.75) is 31.7 Å². The Labute approximate surface area is 193 Å². The average Bonchev–Trinajstić information content (AvgIpc) is 2.76. The van der Waals surface area contributed by atoms with Crippen LogP contribution >= 0.6 is 11.6 Å². The first-order chi connectivity index (χ1) is 15.6. The van der Waals surface area contributed by atoms with Crippen LogP contribution in [0.3, 0.4) is 0 Å². The molecule has 0 spiro atoms. The van der Waals surface area contributed by atoms with Gasteiger partial charge in [0.15, 0.2) is 5.78 Å². The number of aromatic nitrogens is 3. The van der Waals surface area contributed by atoms with E-state index in [1.165, 1.54) is 12.3 Å². The number of pyridine rings is 1. The fourth-order valence-electron chi connectivity index (χ4n) is 4.16. The Balaban J connectivity index is 1.75. The minimum atomic E-state index is -3.12. The van der Waals surface area contributed by atoms with E-state index < -0.39 is 38.7 Å². The number of halogens is 2. The Kier molecular flexibility index (Phi) is 6.49. The molecule has 1 aromatic carbocycles. The molecule has 11 heteroatoms. The van der Waals surface area contributed by atoms with Crippen LogP contribution in [-0.2, 0) is 21.1 Å². The van der Waals surface area contributed by atoms with Crippen molar-refractivity contribution >= 4 is 38.1 Å². The summed E-state index contributed by atoms with van der Waals surface area (Å²) in [6, 6.07) is 5.43. The van der Waals surface area contributed by atoms with Crippen molar-refractivity contribution in [3.8, 4) is 0 Å². The molecular formula is C22H21ClFN3O5S. The van der Waals surface area contributed by atoms with Crippen LogP contribution < -0.4 is 11.2 Å². The molecule has 1 saturated heterocycles. The quantitative estimate of drug-likeness (QED) is 0.563. The van der Waals surface area contributed by atoms with E-state index in [9.17, 15) is 27.2 Å². The zero-order valence-electron chi connectivity index (χ0n) is 17.5. The molecule has 1 fully saturated rings. The first-order valence-electron chi connectivity index (χ1n) is 10.4. The first-order valence-corrected chi connectivity index (χ1v) is 12.6. The second-order valence-electron chi connectivity index (χ2n) is 8.25. The van der Waals surface area contributed by atoms with Gasteiger partial charge in [-0.3, -0.25) is 14.6 Å². The van der Waals surface area contributed by atoms with E-state index in [0.29, 0.717) is 23.6 Å². The number of benzene rings is 1. The van der Waals surface area contributed by atoms with Crippen molar-refractivity contribution < 1.29 is 17.6 Å². The summed E-state index contributed by atoms with van der Waals surface area (Å²) in [6.45, 7) is 0. The lowest BCUT2D eigenvalue weighted by Gasteiger charge is -2.26. The van der Waals surface area contributed by atoms with Gasteiger partial charge in [0, 0.05) is 11.9 Å². The van der Waals surface area contributed by atoms with E-state index in [2.05, 4.69) is 9.97 Å².